The van der Waals surface area contributed by atoms with E-state index in [4.69, 9.17) is 4.74 Å². The van der Waals surface area contributed by atoms with Gasteiger partial charge in [-0.25, -0.2) is 0 Å². The Hall–Kier alpha value is -0.0800. The van der Waals surface area contributed by atoms with E-state index in [9.17, 15) is 0 Å². The molecule has 0 unspecified atom stereocenters. The number of ether oxygens (including phenoxy) is 1. The Balaban J connectivity index is 0.00000200. The van der Waals surface area contributed by atoms with Crippen molar-refractivity contribution in [2.24, 2.45) is 10.4 Å². The normalized spacial score (nSPS) is 22.0. The fraction of sp³-hybridized carbons (Fsp3) is 0.929. The average Bonchev–Trinajstić information content (AvgIpc) is 3.24. The molecule has 0 amide bonds. The van der Waals surface area contributed by atoms with Crippen molar-refractivity contribution in [1.29, 1.82) is 0 Å². The van der Waals surface area contributed by atoms with Crippen molar-refractivity contribution in [1.82, 2.24) is 15.5 Å². The van der Waals surface area contributed by atoms with Gasteiger partial charge in [-0.3, -0.25) is 9.89 Å². The van der Waals surface area contributed by atoms with Crippen LogP contribution in [0.1, 0.15) is 26.2 Å². The van der Waals surface area contributed by atoms with Gasteiger partial charge in [0, 0.05) is 39.8 Å². The highest BCUT2D eigenvalue weighted by atomic mass is 127. The first-order chi connectivity index (χ1) is 9.28. The lowest BCUT2D eigenvalue weighted by Crippen LogP contribution is -2.45. The SMILES string of the molecule is CCC1(CNC(=NC)NCCN2CCOCC2)CC1.I. The molecule has 118 valence electrons. The number of hydrogen-bond donors (Lipinski definition) is 2. The maximum Gasteiger partial charge on any atom is 0.191 e. The van der Waals surface area contributed by atoms with Gasteiger partial charge in [-0.05, 0) is 24.7 Å². The highest BCUT2D eigenvalue weighted by Gasteiger charge is 2.40. The first-order valence-corrected chi connectivity index (χ1v) is 7.53. The summed E-state index contributed by atoms with van der Waals surface area (Å²) in [6.45, 7) is 9.17. The first kappa shape index (κ1) is 18.0. The van der Waals surface area contributed by atoms with Crippen LogP contribution in [0.3, 0.4) is 0 Å². The van der Waals surface area contributed by atoms with E-state index in [0.717, 1.165) is 51.9 Å². The van der Waals surface area contributed by atoms with Gasteiger partial charge in [0.25, 0.3) is 0 Å². The third-order valence-corrected chi connectivity index (χ3v) is 4.39. The van der Waals surface area contributed by atoms with Crippen molar-refractivity contribution in [3.8, 4) is 0 Å². The fourth-order valence-corrected chi connectivity index (χ4v) is 2.48. The minimum absolute atomic E-state index is 0. The van der Waals surface area contributed by atoms with Gasteiger partial charge in [0.1, 0.15) is 0 Å². The average molecular weight is 396 g/mol. The van der Waals surface area contributed by atoms with Crippen molar-refractivity contribution in [2.45, 2.75) is 26.2 Å². The molecule has 2 N–H and O–H groups in total. The maximum absolute atomic E-state index is 5.35. The van der Waals surface area contributed by atoms with Gasteiger partial charge in [-0.15, -0.1) is 24.0 Å². The van der Waals surface area contributed by atoms with Crippen LogP contribution in [0.5, 0.6) is 0 Å². The summed E-state index contributed by atoms with van der Waals surface area (Å²) in [6, 6.07) is 0. The summed E-state index contributed by atoms with van der Waals surface area (Å²) in [7, 11) is 1.84. The Bertz CT molecular complexity index is 302. The van der Waals surface area contributed by atoms with Crippen LogP contribution < -0.4 is 10.6 Å². The zero-order valence-electron chi connectivity index (χ0n) is 12.8. The Morgan fingerprint density at radius 3 is 2.50 bits per heavy atom. The van der Waals surface area contributed by atoms with E-state index < -0.39 is 0 Å². The van der Waals surface area contributed by atoms with Crippen LogP contribution in [0.25, 0.3) is 0 Å². The lowest BCUT2D eigenvalue weighted by atomic mass is 10.0. The van der Waals surface area contributed by atoms with E-state index in [2.05, 4.69) is 27.4 Å². The third-order valence-electron chi connectivity index (χ3n) is 4.39. The summed E-state index contributed by atoms with van der Waals surface area (Å²) in [5.74, 6) is 0.938. The second-order valence-corrected chi connectivity index (χ2v) is 5.66. The largest absolute Gasteiger partial charge is 0.379 e. The molecule has 2 fully saturated rings. The molecule has 0 aromatic rings. The second-order valence-electron chi connectivity index (χ2n) is 5.66. The molecule has 0 aromatic heterocycles. The van der Waals surface area contributed by atoms with Gasteiger partial charge in [0.15, 0.2) is 5.96 Å². The molecule has 1 heterocycles. The van der Waals surface area contributed by atoms with Crippen LogP contribution in [-0.4, -0.2) is 63.8 Å². The summed E-state index contributed by atoms with van der Waals surface area (Å²) >= 11 is 0. The van der Waals surface area contributed by atoms with E-state index in [1.807, 2.05) is 7.05 Å². The number of guanidine groups is 1. The Morgan fingerprint density at radius 2 is 1.95 bits per heavy atom. The molecule has 0 atom stereocenters. The van der Waals surface area contributed by atoms with Crippen LogP contribution in [0, 0.1) is 5.41 Å². The van der Waals surface area contributed by atoms with Gasteiger partial charge in [-0.2, -0.15) is 0 Å². The Kier molecular flexibility index (Phi) is 8.13. The molecule has 2 aliphatic rings. The topological polar surface area (TPSA) is 48.9 Å². The predicted octanol–water partition coefficient (Wildman–Crippen LogP) is 1.29. The lowest BCUT2D eigenvalue weighted by molar-refractivity contribution is 0.0389. The molecule has 20 heavy (non-hydrogen) atoms. The van der Waals surface area contributed by atoms with Crippen LogP contribution in [0.15, 0.2) is 4.99 Å². The quantitative estimate of drug-likeness (QED) is 0.404. The first-order valence-electron chi connectivity index (χ1n) is 7.53. The molecule has 1 saturated carbocycles. The molecule has 1 saturated heterocycles. The van der Waals surface area contributed by atoms with E-state index in [1.54, 1.807) is 0 Å². The number of halogens is 1. The molecule has 0 bridgehead atoms. The van der Waals surface area contributed by atoms with Crippen LogP contribution in [0.4, 0.5) is 0 Å². The number of rotatable bonds is 6. The van der Waals surface area contributed by atoms with Gasteiger partial charge in [0.2, 0.25) is 0 Å². The minimum Gasteiger partial charge on any atom is -0.379 e. The van der Waals surface area contributed by atoms with Crippen LogP contribution in [-0.2, 0) is 4.74 Å². The molecular formula is C14H29IN4O. The van der Waals surface area contributed by atoms with Gasteiger partial charge >= 0.3 is 0 Å². The number of aliphatic imine (C=N–C) groups is 1. The molecule has 2 rings (SSSR count). The zero-order valence-corrected chi connectivity index (χ0v) is 15.1. The Labute approximate surface area is 139 Å². The number of nitrogens with zero attached hydrogens (tertiary/aromatic N) is 2. The highest BCUT2D eigenvalue weighted by molar-refractivity contribution is 14.0. The van der Waals surface area contributed by atoms with Gasteiger partial charge in [-0.1, -0.05) is 6.92 Å². The minimum atomic E-state index is 0. The van der Waals surface area contributed by atoms with E-state index in [-0.39, 0.29) is 24.0 Å². The van der Waals surface area contributed by atoms with E-state index in [1.165, 1.54) is 19.3 Å². The number of hydrogen-bond acceptors (Lipinski definition) is 3. The molecule has 5 nitrogen and oxygen atoms in total. The van der Waals surface area contributed by atoms with Gasteiger partial charge in [0.05, 0.1) is 13.2 Å². The van der Waals surface area contributed by atoms with Crippen molar-refractivity contribution in [3.05, 3.63) is 0 Å². The Morgan fingerprint density at radius 1 is 1.25 bits per heavy atom. The summed E-state index contributed by atoms with van der Waals surface area (Å²) < 4.78 is 5.35. The third kappa shape index (κ3) is 5.73. The molecule has 0 radical (unpaired) electrons. The summed E-state index contributed by atoms with van der Waals surface area (Å²) in [5, 5.41) is 6.85. The van der Waals surface area contributed by atoms with Crippen molar-refractivity contribution < 1.29 is 4.74 Å². The summed E-state index contributed by atoms with van der Waals surface area (Å²) in [6.07, 6.45) is 3.99. The van der Waals surface area contributed by atoms with Crippen molar-refractivity contribution in [3.63, 3.8) is 0 Å². The molecular weight excluding hydrogens is 367 g/mol. The molecule has 0 spiro atoms. The van der Waals surface area contributed by atoms with Crippen LogP contribution in [0.2, 0.25) is 0 Å². The number of morpholine rings is 1. The molecule has 0 aromatic carbocycles. The van der Waals surface area contributed by atoms with E-state index >= 15 is 0 Å². The van der Waals surface area contributed by atoms with Crippen molar-refractivity contribution in [2.75, 3.05) is 53.0 Å². The molecule has 1 aliphatic carbocycles. The summed E-state index contributed by atoms with van der Waals surface area (Å²) in [5.41, 5.74) is 0.557. The second kappa shape index (κ2) is 9.04. The predicted molar refractivity (Wildman–Crippen MR) is 94.0 cm³/mol. The molecule has 6 heteroatoms. The lowest BCUT2D eigenvalue weighted by Gasteiger charge is -2.27. The summed E-state index contributed by atoms with van der Waals surface area (Å²) in [4.78, 5) is 6.72. The van der Waals surface area contributed by atoms with Gasteiger partial charge < -0.3 is 15.4 Å². The fourth-order valence-electron chi connectivity index (χ4n) is 2.48. The highest BCUT2D eigenvalue weighted by Crippen LogP contribution is 2.47. The number of nitrogens with one attached hydrogen (secondary N) is 2. The van der Waals surface area contributed by atoms with Crippen LogP contribution >= 0.6 is 24.0 Å². The van der Waals surface area contributed by atoms with Crippen molar-refractivity contribution >= 4 is 29.9 Å². The molecule has 1 aliphatic heterocycles. The standard InChI is InChI=1S/C14H28N4O.HI/c1-3-14(4-5-14)12-17-13(15-2)16-6-7-18-8-10-19-11-9-18;/h3-12H2,1-2H3,(H2,15,16,17);1H. The maximum atomic E-state index is 5.35. The van der Waals surface area contributed by atoms with E-state index in [0.29, 0.717) is 5.41 Å². The smallest absolute Gasteiger partial charge is 0.191 e. The zero-order chi connectivity index (χ0) is 13.6. The monoisotopic (exact) mass is 396 g/mol.